The third kappa shape index (κ3) is 6.36. The molecule has 0 heterocycles. The number of nitrogens with zero attached hydrogens (tertiary/aromatic N) is 1. The molecule has 0 bridgehead atoms. The van der Waals surface area contributed by atoms with Crippen molar-refractivity contribution >= 4 is 5.97 Å². The average molecular weight is 209 g/mol. The molecule has 0 aliphatic rings. The Kier molecular flexibility index (Phi) is 6.65. The minimum Gasteiger partial charge on any atom is -0.466 e. The van der Waals surface area contributed by atoms with Crippen molar-refractivity contribution in [3.05, 3.63) is 12.3 Å². The highest BCUT2D eigenvalue weighted by molar-refractivity contribution is 5.81. The summed E-state index contributed by atoms with van der Waals surface area (Å²) in [6.07, 6.45) is -0.310. The molecule has 4 nitrogen and oxygen atoms in total. The number of carbonyl (C=O) groups is 1. The molecule has 0 saturated heterocycles. The molecular weight excluding hydrogens is 196 g/mol. The second-order valence-electron chi connectivity index (χ2n) is 2.45. The molecule has 0 amide bonds. The first kappa shape index (κ1) is 12.8. The summed E-state index contributed by atoms with van der Waals surface area (Å²) < 4.78 is 28.2. The lowest BCUT2D eigenvalue weighted by atomic mass is 10.5. The summed E-state index contributed by atoms with van der Waals surface area (Å²) in [6.45, 7) is -0.718. The van der Waals surface area contributed by atoms with E-state index >= 15 is 0 Å². The van der Waals surface area contributed by atoms with E-state index in [1.165, 1.54) is 13.3 Å². The van der Waals surface area contributed by atoms with Crippen molar-refractivity contribution < 1.29 is 23.4 Å². The van der Waals surface area contributed by atoms with Gasteiger partial charge in [0.1, 0.15) is 0 Å². The zero-order valence-electron chi connectivity index (χ0n) is 7.82. The van der Waals surface area contributed by atoms with Crippen LogP contribution < -0.4 is 0 Å². The number of hydrogen-bond acceptors (Lipinski definition) is 4. The lowest BCUT2D eigenvalue weighted by Gasteiger charge is -2.17. The molecule has 0 aromatic heterocycles. The number of carbonyl (C=O) groups excluding carboxylic acids is 1. The van der Waals surface area contributed by atoms with Crippen LogP contribution in [0.4, 0.5) is 8.78 Å². The van der Waals surface area contributed by atoms with Crippen LogP contribution in [0.3, 0.4) is 0 Å². The smallest absolute Gasteiger partial charge is 0.331 e. The third-order valence-electron chi connectivity index (χ3n) is 1.38. The van der Waals surface area contributed by atoms with Crippen LogP contribution in [0, 0.1) is 0 Å². The molecule has 0 aromatic rings. The molecule has 0 aliphatic carbocycles. The summed E-state index contributed by atoms with van der Waals surface area (Å²) in [5, 5.41) is 8.54. The van der Waals surface area contributed by atoms with Gasteiger partial charge in [-0.2, -0.15) is 0 Å². The fourth-order valence-corrected chi connectivity index (χ4v) is 0.767. The summed E-state index contributed by atoms with van der Waals surface area (Å²) in [5.41, 5.74) is 0. The number of rotatable bonds is 6. The van der Waals surface area contributed by atoms with Gasteiger partial charge in [-0.1, -0.05) is 0 Å². The van der Waals surface area contributed by atoms with E-state index in [0.29, 0.717) is 0 Å². The molecule has 6 heteroatoms. The van der Waals surface area contributed by atoms with Gasteiger partial charge in [-0.25, -0.2) is 13.6 Å². The van der Waals surface area contributed by atoms with E-state index in [1.54, 1.807) is 0 Å². The molecule has 0 atom stereocenters. The zero-order chi connectivity index (χ0) is 11.0. The maximum absolute atomic E-state index is 11.9. The van der Waals surface area contributed by atoms with E-state index in [-0.39, 0.29) is 13.2 Å². The van der Waals surface area contributed by atoms with Gasteiger partial charge in [-0.15, -0.1) is 0 Å². The van der Waals surface area contributed by atoms with E-state index < -0.39 is 18.9 Å². The molecule has 82 valence electrons. The molecule has 0 radical (unpaired) electrons. The highest BCUT2D eigenvalue weighted by atomic mass is 19.3. The highest BCUT2D eigenvalue weighted by Gasteiger charge is 2.07. The van der Waals surface area contributed by atoms with Crippen LogP contribution in [0.2, 0.25) is 0 Å². The molecular formula is C8H13F2NO3. The van der Waals surface area contributed by atoms with Gasteiger partial charge in [0.05, 0.1) is 20.3 Å². The predicted octanol–water partition coefficient (Wildman–Crippen LogP) is 0.233. The first-order valence-electron chi connectivity index (χ1n) is 3.99. The van der Waals surface area contributed by atoms with Gasteiger partial charge in [0, 0.05) is 18.8 Å². The molecule has 0 aromatic carbocycles. The molecule has 0 rings (SSSR count). The minimum atomic E-state index is -2.51. The maximum atomic E-state index is 11.9. The summed E-state index contributed by atoms with van der Waals surface area (Å²) in [4.78, 5) is 11.8. The summed E-state index contributed by atoms with van der Waals surface area (Å²) in [6, 6.07) is 0. The van der Waals surface area contributed by atoms with Gasteiger partial charge < -0.3 is 14.7 Å². The van der Waals surface area contributed by atoms with Crippen LogP contribution in [0.15, 0.2) is 12.3 Å². The third-order valence-corrected chi connectivity index (χ3v) is 1.38. The van der Waals surface area contributed by atoms with Crippen LogP contribution >= 0.6 is 0 Å². The Morgan fingerprint density at radius 2 is 2.29 bits per heavy atom. The number of methoxy groups -OCH3 is 1. The molecule has 0 saturated carbocycles. The second kappa shape index (κ2) is 7.25. The van der Waals surface area contributed by atoms with Gasteiger partial charge in [-0.05, 0) is 0 Å². The average Bonchev–Trinajstić information content (AvgIpc) is 2.13. The second-order valence-corrected chi connectivity index (χ2v) is 2.45. The molecule has 1 N–H and O–H groups in total. The van der Waals surface area contributed by atoms with Gasteiger partial charge in [0.25, 0.3) is 6.43 Å². The van der Waals surface area contributed by atoms with Crippen molar-refractivity contribution in [2.45, 2.75) is 6.43 Å². The largest absolute Gasteiger partial charge is 0.466 e. The first-order chi connectivity index (χ1) is 6.60. The van der Waals surface area contributed by atoms with Crippen LogP contribution in [-0.4, -0.2) is 49.2 Å². The summed E-state index contributed by atoms with van der Waals surface area (Å²) in [7, 11) is 1.19. The topological polar surface area (TPSA) is 49.8 Å². The number of ether oxygens (including phenoxy) is 1. The SMILES string of the molecule is COC(=O)/C=C/N(CCO)CC(F)F. The predicted molar refractivity (Wildman–Crippen MR) is 45.8 cm³/mol. The van der Waals surface area contributed by atoms with Crippen LogP contribution in [0.25, 0.3) is 0 Å². The Hall–Kier alpha value is -1.17. The number of halogens is 2. The molecule has 0 fully saturated rings. The van der Waals surface area contributed by atoms with Crippen LogP contribution in [0.1, 0.15) is 0 Å². The van der Waals surface area contributed by atoms with Gasteiger partial charge in [-0.3, -0.25) is 0 Å². The Morgan fingerprint density at radius 1 is 1.64 bits per heavy atom. The van der Waals surface area contributed by atoms with E-state index in [0.717, 1.165) is 11.0 Å². The van der Waals surface area contributed by atoms with Crippen molar-refractivity contribution in [2.75, 3.05) is 26.8 Å². The Balaban J connectivity index is 4.07. The number of esters is 1. The number of aliphatic hydroxyl groups is 1. The maximum Gasteiger partial charge on any atom is 0.331 e. The Morgan fingerprint density at radius 3 is 2.71 bits per heavy atom. The van der Waals surface area contributed by atoms with Crippen molar-refractivity contribution in [2.24, 2.45) is 0 Å². The van der Waals surface area contributed by atoms with Gasteiger partial charge >= 0.3 is 5.97 Å². The van der Waals surface area contributed by atoms with Gasteiger partial charge in [0.15, 0.2) is 0 Å². The quantitative estimate of drug-likeness (QED) is 0.502. The summed E-state index contributed by atoms with van der Waals surface area (Å²) >= 11 is 0. The molecule has 0 unspecified atom stereocenters. The minimum absolute atomic E-state index is 0.0534. The Bertz CT molecular complexity index is 197. The first-order valence-corrected chi connectivity index (χ1v) is 3.99. The Labute approximate surface area is 80.8 Å². The number of hydrogen-bond donors (Lipinski definition) is 1. The van der Waals surface area contributed by atoms with Crippen molar-refractivity contribution in [1.29, 1.82) is 0 Å². The van der Waals surface area contributed by atoms with Gasteiger partial charge in [0.2, 0.25) is 0 Å². The zero-order valence-corrected chi connectivity index (χ0v) is 7.82. The molecule has 0 spiro atoms. The van der Waals surface area contributed by atoms with E-state index in [2.05, 4.69) is 4.74 Å². The summed E-state index contributed by atoms with van der Waals surface area (Å²) in [5.74, 6) is -0.623. The number of alkyl halides is 2. The number of aliphatic hydroxyl groups excluding tert-OH is 1. The van der Waals surface area contributed by atoms with Crippen LogP contribution in [-0.2, 0) is 9.53 Å². The molecule has 0 aliphatic heterocycles. The van der Waals surface area contributed by atoms with E-state index in [9.17, 15) is 13.6 Å². The normalized spacial score (nSPS) is 10.9. The monoisotopic (exact) mass is 209 g/mol. The van der Waals surface area contributed by atoms with E-state index in [1.807, 2.05) is 0 Å². The standard InChI is InChI=1S/C8H13F2NO3/c1-14-8(13)2-3-11(4-5-12)6-7(9)10/h2-3,7,12H,4-6H2,1H3/b3-2+. The van der Waals surface area contributed by atoms with Crippen molar-refractivity contribution in [3.8, 4) is 0 Å². The lowest BCUT2D eigenvalue weighted by molar-refractivity contribution is -0.134. The fourth-order valence-electron chi connectivity index (χ4n) is 0.767. The fraction of sp³-hybridized carbons (Fsp3) is 0.625. The van der Waals surface area contributed by atoms with Crippen LogP contribution in [0.5, 0.6) is 0 Å². The van der Waals surface area contributed by atoms with E-state index in [4.69, 9.17) is 5.11 Å². The van der Waals surface area contributed by atoms with Crippen molar-refractivity contribution in [1.82, 2.24) is 4.90 Å². The van der Waals surface area contributed by atoms with Crippen molar-refractivity contribution in [3.63, 3.8) is 0 Å². The lowest BCUT2D eigenvalue weighted by Crippen LogP contribution is -2.26. The highest BCUT2D eigenvalue weighted by Crippen LogP contribution is 1.98. The molecule has 14 heavy (non-hydrogen) atoms.